The molecule has 2 fully saturated rings. The van der Waals surface area contributed by atoms with Crippen molar-refractivity contribution in [1.29, 1.82) is 0 Å². The first-order valence-corrected chi connectivity index (χ1v) is 8.33. The predicted molar refractivity (Wildman–Crippen MR) is 98.5 cm³/mol. The van der Waals surface area contributed by atoms with E-state index in [0.717, 1.165) is 52.0 Å². The van der Waals surface area contributed by atoms with Crippen LogP contribution in [0.15, 0.2) is 0 Å². The molecule has 0 aromatic rings. The predicted octanol–water partition coefficient (Wildman–Crippen LogP) is 1.96. The molecular weight excluding hydrogens is 337 g/mol. The third kappa shape index (κ3) is 6.05. The molecule has 7 heteroatoms. The van der Waals surface area contributed by atoms with Gasteiger partial charge in [-0.25, -0.2) is 0 Å². The van der Waals surface area contributed by atoms with Crippen molar-refractivity contribution >= 4 is 30.7 Å². The second-order valence-electron chi connectivity index (χ2n) is 6.99. The molecule has 5 nitrogen and oxygen atoms in total. The van der Waals surface area contributed by atoms with Gasteiger partial charge in [-0.05, 0) is 33.6 Å². The molecular formula is C16H33Cl2N3O2. The second kappa shape index (κ2) is 10.0. The van der Waals surface area contributed by atoms with Crippen LogP contribution in [0.3, 0.4) is 0 Å². The smallest absolute Gasteiger partial charge is 0.225 e. The molecule has 1 saturated carbocycles. The molecule has 0 aromatic heterocycles. The third-order valence-electron chi connectivity index (χ3n) is 5.29. The summed E-state index contributed by atoms with van der Waals surface area (Å²) >= 11 is 0. The van der Waals surface area contributed by atoms with Gasteiger partial charge >= 0.3 is 0 Å². The molecule has 1 amide bonds. The number of morpholine rings is 1. The van der Waals surface area contributed by atoms with Crippen molar-refractivity contribution in [2.75, 3.05) is 26.3 Å². The van der Waals surface area contributed by atoms with E-state index in [1.54, 1.807) is 0 Å². The molecule has 1 heterocycles. The summed E-state index contributed by atoms with van der Waals surface area (Å²) in [4.78, 5) is 15.0. The quantitative estimate of drug-likeness (QED) is 0.794. The van der Waals surface area contributed by atoms with E-state index in [1.165, 1.54) is 0 Å². The van der Waals surface area contributed by atoms with E-state index in [0.29, 0.717) is 6.04 Å². The average Bonchev–Trinajstić information content (AvgIpc) is 2.46. The zero-order valence-electron chi connectivity index (χ0n) is 14.5. The van der Waals surface area contributed by atoms with Crippen molar-refractivity contribution in [3.63, 3.8) is 0 Å². The van der Waals surface area contributed by atoms with Crippen molar-refractivity contribution in [2.24, 2.45) is 11.7 Å². The summed E-state index contributed by atoms with van der Waals surface area (Å²) in [6.07, 6.45) is 4.10. The molecule has 138 valence electrons. The highest BCUT2D eigenvalue weighted by atomic mass is 35.5. The van der Waals surface area contributed by atoms with E-state index >= 15 is 0 Å². The number of hydrogen-bond acceptors (Lipinski definition) is 4. The van der Waals surface area contributed by atoms with Crippen molar-refractivity contribution in [3.8, 4) is 0 Å². The molecule has 0 bridgehead atoms. The molecule has 23 heavy (non-hydrogen) atoms. The van der Waals surface area contributed by atoms with Gasteiger partial charge in [0.05, 0.1) is 19.1 Å². The van der Waals surface area contributed by atoms with Gasteiger partial charge in [-0.3, -0.25) is 9.69 Å². The van der Waals surface area contributed by atoms with Crippen molar-refractivity contribution in [2.45, 2.75) is 64.1 Å². The van der Waals surface area contributed by atoms with E-state index in [4.69, 9.17) is 10.5 Å². The summed E-state index contributed by atoms with van der Waals surface area (Å²) in [6.45, 7) is 9.75. The first-order valence-electron chi connectivity index (χ1n) is 8.33. The van der Waals surface area contributed by atoms with Gasteiger partial charge in [0.15, 0.2) is 0 Å². The number of nitrogens with two attached hydrogens (primary N) is 1. The van der Waals surface area contributed by atoms with Crippen LogP contribution >= 0.6 is 24.8 Å². The largest absolute Gasteiger partial charge is 0.379 e. The van der Waals surface area contributed by atoms with Crippen molar-refractivity contribution in [3.05, 3.63) is 0 Å². The molecule has 1 aliphatic carbocycles. The maximum Gasteiger partial charge on any atom is 0.225 e. The summed E-state index contributed by atoms with van der Waals surface area (Å²) in [5.41, 5.74) is 5.97. The fourth-order valence-electron chi connectivity index (χ4n) is 3.54. The SMILES string of the molecule is CC(NC(=O)C1CCCCC1(C)N)C(C)N1CCOCC1.Cl.Cl. The van der Waals surface area contributed by atoms with Crippen molar-refractivity contribution in [1.82, 2.24) is 10.2 Å². The number of ether oxygens (including phenoxy) is 1. The van der Waals surface area contributed by atoms with Crippen LogP contribution in [-0.2, 0) is 9.53 Å². The molecule has 1 aliphatic heterocycles. The summed E-state index contributed by atoms with van der Waals surface area (Å²) in [5, 5.41) is 3.20. The van der Waals surface area contributed by atoms with Gasteiger partial charge in [0.2, 0.25) is 5.91 Å². The van der Waals surface area contributed by atoms with Crippen LogP contribution in [-0.4, -0.2) is 54.7 Å². The van der Waals surface area contributed by atoms with E-state index < -0.39 is 0 Å². The number of amides is 1. The Kier molecular flexibility index (Phi) is 10.0. The Balaban J connectivity index is 0.00000242. The lowest BCUT2D eigenvalue weighted by molar-refractivity contribution is -0.129. The van der Waals surface area contributed by atoms with Gasteiger partial charge in [0, 0.05) is 30.7 Å². The topological polar surface area (TPSA) is 67.6 Å². The van der Waals surface area contributed by atoms with E-state index in [1.807, 2.05) is 6.92 Å². The maximum absolute atomic E-state index is 12.6. The lowest BCUT2D eigenvalue weighted by atomic mass is 9.74. The van der Waals surface area contributed by atoms with E-state index in [9.17, 15) is 4.79 Å². The van der Waals surface area contributed by atoms with E-state index in [-0.39, 0.29) is 48.2 Å². The third-order valence-corrected chi connectivity index (χ3v) is 5.29. The van der Waals surface area contributed by atoms with Crippen LogP contribution < -0.4 is 11.1 Å². The normalized spacial score (nSPS) is 31.2. The van der Waals surface area contributed by atoms with Crippen LogP contribution in [0.25, 0.3) is 0 Å². The fourth-order valence-corrected chi connectivity index (χ4v) is 3.54. The molecule has 0 radical (unpaired) electrons. The van der Waals surface area contributed by atoms with Crippen LogP contribution in [0.1, 0.15) is 46.5 Å². The average molecular weight is 370 g/mol. The highest BCUT2D eigenvalue weighted by Crippen LogP contribution is 2.31. The summed E-state index contributed by atoms with van der Waals surface area (Å²) in [5.74, 6) is 0.0814. The highest BCUT2D eigenvalue weighted by molar-refractivity contribution is 5.85. The van der Waals surface area contributed by atoms with Gasteiger partial charge in [-0.2, -0.15) is 0 Å². The van der Waals surface area contributed by atoms with Gasteiger partial charge in [0.1, 0.15) is 0 Å². The van der Waals surface area contributed by atoms with Crippen LogP contribution in [0.2, 0.25) is 0 Å². The standard InChI is InChI=1S/C16H31N3O2.2ClH/c1-12(13(2)19-8-10-21-11-9-19)18-15(20)14-6-4-5-7-16(14,3)17;;/h12-14H,4-11,17H2,1-3H3,(H,18,20);2*1H. The number of carbonyl (C=O) groups excluding carboxylic acids is 1. The minimum Gasteiger partial charge on any atom is -0.379 e. The zero-order valence-corrected chi connectivity index (χ0v) is 16.2. The maximum atomic E-state index is 12.6. The van der Waals surface area contributed by atoms with Gasteiger partial charge in [-0.1, -0.05) is 12.8 Å². The number of halogens is 2. The Morgan fingerprint density at radius 3 is 2.43 bits per heavy atom. The lowest BCUT2D eigenvalue weighted by Gasteiger charge is -2.40. The van der Waals surface area contributed by atoms with Crippen LogP contribution in [0.4, 0.5) is 0 Å². The Bertz CT molecular complexity index is 363. The molecule has 4 unspecified atom stereocenters. The first kappa shape index (κ1) is 22.9. The number of carbonyl (C=O) groups is 1. The fraction of sp³-hybridized carbons (Fsp3) is 0.938. The van der Waals surface area contributed by atoms with Crippen molar-refractivity contribution < 1.29 is 9.53 Å². The molecule has 2 aliphatic rings. The number of nitrogens with zero attached hydrogens (tertiary/aromatic N) is 1. The van der Waals surface area contributed by atoms with Gasteiger partial charge in [0.25, 0.3) is 0 Å². The number of rotatable bonds is 4. The number of nitrogens with one attached hydrogen (secondary N) is 1. The molecule has 0 aromatic carbocycles. The monoisotopic (exact) mass is 369 g/mol. The van der Waals surface area contributed by atoms with Gasteiger partial charge in [-0.15, -0.1) is 24.8 Å². The minimum absolute atomic E-state index is 0. The Hall–Kier alpha value is -0.0700. The Morgan fingerprint density at radius 2 is 1.87 bits per heavy atom. The highest BCUT2D eigenvalue weighted by Gasteiger charge is 2.38. The minimum atomic E-state index is -0.357. The molecule has 1 saturated heterocycles. The summed E-state index contributed by atoms with van der Waals surface area (Å²) in [7, 11) is 0. The molecule has 4 atom stereocenters. The Morgan fingerprint density at radius 1 is 1.26 bits per heavy atom. The first-order chi connectivity index (χ1) is 9.92. The summed E-state index contributed by atoms with van der Waals surface area (Å²) < 4.78 is 5.39. The summed E-state index contributed by atoms with van der Waals surface area (Å²) in [6, 6.07) is 0.457. The number of hydrogen-bond donors (Lipinski definition) is 2. The van der Waals surface area contributed by atoms with Crippen LogP contribution in [0, 0.1) is 5.92 Å². The molecule has 0 spiro atoms. The van der Waals surface area contributed by atoms with Gasteiger partial charge < -0.3 is 15.8 Å². The van der Waals surface area contributed by atoms with Crippen LogP contribution in [0.5, 0.6) is 0 Å². The van der Waals surface area contributed by atoms with E-state index in [2.05, 4.69) is 24.1 Å². The molecule has 2 rings (SSSR count). The lowest BCUT2D eigenvalue weighted by Crippen LogP contribution is -2.57. The molecule has 3 N–H and O–H groups in total. The zero-order chi connectivity index (χ0) is 15.5. The second-order valence-corrected chi connectivity index (χ2v) is 6.99. The Labute approximate surface area is 152 Å².